The van der Waals surface area contributed by atoms with E-state index in [9.17, 15) is 4.79 Å². The van der Waals surface area contributed by atoms with Crippen LogP contribution in [0.4, 0.5) is 0 Å². The number of nitrogens with one attached hydrogen (secondary N) is 1. The average molecular weight is 270 g/mol. The first-order chi connectivity index (χ1) is 9.74. The summed E-state index contributed by atoms with van der Waals surface area (Å²) in [5.41, 5.74) is 2.53. The quantitative estimate of drug-likeness (QED) is 0.869. The van der Waals surface area contributed by atoms with Crippen molar-refractivity contribution in [2.24, 2.45) is 0 Å². The highest BCUT2D eigenvalue weighted by Gasteiger charge is 2.18. The Kier molecular flexibility index (Phi) is 3.60. The Labute approximate surface area is 118 Å². The van der Waals surface area contributed by atoms with Crippen LogP contribution in [-0.2, 0) is 0 Å². The molecule has 0 saturated carbocycles. The molecule has 0 aliphatic carbocycles. The second-order valence-electron chi connectivity index (χ2n) is 5.20. The second-order valence-corrected chi connectivity index (χ2v) is 5.20. The van der Waals surface area contributed by atoms with Crippen molar-refractivity contribution in [3.63, 3.8) is 0 Å². The van der Waals surface area contributed by atoms with Crippen molar-refractivity contribution in [3.8, 4) is 5.69 Å². The van der Waals surface area contributed by atoms with E-state index in [1.165, 1.54) is 12.8 Å². The molecule has 5 nitrogen and oxygen atoms in total. The van der Waals surface area contributed by atoms with Gasteiger partial charge >= 0.3 is 0 Å². The lowest BCUT2D eigenvalue weighted by Gasteiger charge is -2.20. The molecule has 0 spiro atoms. The van der Waals surface area contributed by atoms with Crippen LogP contribution >= 0.6 is 0 Å². The van der Waals surface area contributed by atoms with Gasteiger partial charge in [-0.05, 0) is 38.4 Å². The van der Waals surface area contributed by atoms with Gasteiger partial charge in [0, 0.05) is 5.56 Å². The summed E-state index contributed by atoms with van der Waals surface area (Å²) in [5, 5.41) is 11.9. The fourth-order valence-electron chi connectivity index (χ4n) is 2.53. The van der Waals surface area contributed by atoms with Crippen LogP contribution in [0, 0.1) is 0 Å². The van der Waals surface area contributed by atoms with Crippen LogP contribution in [0.2, 0.25) is 0 Å². The van der Waals surface area contributed by atoms with Crippen LogP contribution in [0.5, 0.6) is 0 Å². The molecule has 1 aromatic carbocycles. The Morgan fingerprint density at radius 1 is 1.40 bits per heavy atom. The minimum atomic E-state index is 0.0566. The number of carbonyl (C=O) groups excluding carboxylic acids is 1. The third-order valence-corrected chi connectivity index (χ3v) is 3.70. The molecular weight excluding hydrogens is 252 g/mol. The molecule has 1 N–H and O–H groups in total. The van der Waals surface area contributed by atoms with E-state index in [0.29, 0.717) is 11.6 Å². The van der Waals surface area contributed by atoms with E-state index in [0.717, 1.165) is 24.3 Å². The van der Waals surface area contributed by atoms with Crippen molar-refractivity contribution < 1.29 is 4.79 Å². The Morgan fingerprint density at radius 2 is 2.30 bits per heavy atom. The third kappa shape index (κ3) is 2.63. The maximum Gasteiger partial charge on any atom is 0.159 e. The number of hydrogen-bond acceptors (Lipinski definition) is 4. The van der Waals surface area contributed by atoms with Crippen LogP contribution in [-0.4, -0.2) is 27.3 Å². The molecular formula is C15H18N4O. The van der Waals surface area contributed by atoms with Gasteiger partial charge in [-0.15, -0.1) is 5.10 Å². The van der Waals surface area contributed by atoms with Gasteiger partial charge in [-0.25, -0.2) is 4.68 Å². The molecule has 2 heterocycles. The fraction of sp³-hybridized carbons (Fsp3) is 0.400. The molecule has 1 saturated heterocycles. The van der Waals surface area contributed by atoms with Gasteiger partial charge in [0.25, 0.3) is 0 Å². The number of benzene rings is 1. The molecule has 0 bridgehead atoms. The SMILES string of the molecule is CC(=O)c1cccc(-n2cc(C3CCCCN3)nn2)c1. The molecule has 0 radical (unpaired) electrons. The van der Waals surface area contributed by atoms with Gasteiger partial charge in [0.2, 0.25) is 0 Å². The lowest BCUT2D eigenvalue weighted by molar-refractivity contribution is 0.101. The molecule has 0 amide bonds. The van der Waals surface area contributed by atoms with E-state index in [4.69, 9.17) is 0 Å². The first-order valence-electron chi connectivity index (χ1n) is 7.01. The van der Waals surface area contributed by atoms with E-state index in [1.54, 1.807) is 11.6 Å². The zero-order chi connectivity index (χ0) is 13.9. The van der Waals surface area contributed by atoms with Gasteiger partial charge in [0.15, 0.2) is 5.78 Å². The molecule has 1 atom stereocenters. The van der Waals surface area contributed by atoms with Crippen molar-refractivity contribution in [3.05, 3.63) is 41.7 Å². The van der Waals surface area contributed by atoms with Gasteiger partial charge in [0.1, 0.15) is 5.69 Å². The van der Waals surface area contributed by atoms with Crippen LogP contribution in [0.15, 0.2) is 30.5 Å². The van der Waals surface area contributed by atoms with Gasteiger partial charge in [-0.2, -0.15) is 0 Å². The summed E-state index contributed by atoms with van der Waals surface area (Å²) in [6.45, 7) is 2.61. The molecule has 1 aromatic heterocycles. The van der Waals surface area contributed by atoms with E-state index in [-0.39, 0.29) is 5.78 Å². The maximum absolute atomic E-state index is 11.4. The molecule has 3 rings (SSSR count). The Balaban J connectivity index is 1.85. The number of ketones is 1. The zero-order valence-electron chi connectivity index (χ0n) is 11.5. The summed E-state index contributed by atoms with van der Waals surface area (Å²) in [7, 11) is 0. The lowest BCUT2D eigenvalue weighted by atomic mass is 10.0. The summed E-state index contributed by atoms with van der Waals surface area (Å²) >= 11 is 0. The lowest BCUT2D eigenvalue weighted by Crippen LogP contribution is -2.27. The number of nitrogens with zero attached hydrogens (tertiary/aromatic N) is 3. The molecule has 104 valence electrons. The van der Waals surface area contributed by atoms with Crippen molar-refractivity contribution in [2.45, 2.75) is 32.2 Å². The average Bonchev–Trinajstić information content (AvgIpc) is 2.98. The Morgan fingerprint density at radius 3 is 3.05 bits per heavy atom. The van der Waals surface area contributed by atoms with Crippen LogP contribution in [0.1, 0.15) is 48.3 Å². The van der Waals surface area contributed by atoms with Crippen molar-refractivity contribution >= 4 is 5.78 Å². The standard InChI is InChI=1S/C15H18N4O/c1-11(20)12-5-4-6-13(9-12)19-10-15(17-18-19)14-7-2-3-8-16-14/h4-6,9-10,14,16H,2-3,7-8H2,1H3. The monoisotopic (exact) mass is 270 g/mol. The zero-order valence-corrected chi connectivity index (χ0v) is 11.5. The molecule has 2 aromatic rings. The van der Waals surface area contributed by atoms with Crippen LogP contribution in [0.3, 0.4) is 0 Å². The first-order valence-corrected chi connectivity index (χ1v) is 7.01. The largest absolute Gasteiger partial charge is 0.309 e. The smallest absolute Gasteiger partial charge is 0.159 e. The molecule has 5 heteroatoms. The third-order valence-electron chi connectivity index (χ3n) is 3.70. The fourth-order valence-corrected chi connectivity index (χ4v) is 2.53. The molecule has 1 unspecified atom stereocenters. The topological polar surface area (TPSA) is 59.8 Å². The van der Waals surface area contributed by atoms with E-state index in [1.807, 2.05) is 30.5 Å². The molecule has 20 heavy (non-hydrogen) atoms. The van der Waals surface area contributed by atoms with Crippen molar-refractivity contribution in [1.82, 2.24) is 20.3 Å². The minimum absolute atomic E-state index is 0.0566. The van der Waals surface area contributed by atoms with Crippen LogP contribution < -0.4 is 5.32 Å². The number of piperidine rings is 1. The van der Waals surface area contributed by atoms with E-state index in [2.05, 4.69) is 15.6 Å². The second kappa shape index (κ2) is 5.54. The predicted molar refractivity (Wildman–Crippen MR) is 76.0 cm³/mol. The van der Waals surface area contributed by atoms with Crippen molar-refractivity contribution in [1.29, 1.82) is 0 Å². The number of Topliss-reactive ketones (excluding diaryl/α,β-unsaturated/α-hetero) is 1. The molecule has 1 aliphatic heterocycles. The number of aromatic nitrogens is 3. The van der Waals surface area contributed by atoms with Crippen LogP contribution in [0.25, 0.3) is 5.69 Å². The number of rotatable bonds is 3. The van der Waals surface area contributed by atoms with Crippen molar-refractivity contribution in [2.75, 3.05) is 6.54 Å². The summed E-state index contributed by atoms with van der Waals surface area (Å²) < 4.78 is 1.73. The minimum Gasteiger partial charge on any atom is -0.309 e. The molecule has 1 fully saturated rings. The normalized spacial score (nSPS) is 18.9. The summed E-state index contributed by atoms with van der Waals surface area (Å²) in [6, 6.07) is 7.75. The van der Waals surface area contributed by atoms with Gasteiger partial charge < -0.3 is 5.32 Å². The summed E-state index contributed by atoms with van der Waals surface area (Å²) in [5.74, 6) is 0.0566. The highest BCUT2D eigenvalue weighted by molar-refractivity contribution is 5.94. The summed E-state index contributed by atoms with van der Waals surface area (Å²) in [6.07, 6.45) is 5.50. The highest BCUT2D eigenvalue weighted by Crippen LogP contribution is 2.21. The highest BCUT2D eigenvalue weighted by atomic mass is 16.1. The molecule has 1 aliphatic rings. The van der Waals surface area contributed by atoms with E-state index >= 15 is 0 Å². The van der Waals surface area contributed by atoms with Gasteiger partial charge in [0.05, 0.1) is 17.9 Å². The number of carbonyl (C=O) groups is 1. The number of hydrogen-bond donors (Lipinski definition) is 1. The predicted octanol–water partition coefficient (Wildman–Crippen LogP) is 2.28. The first kappa shape index (κ1) is 13.0. The Hall–Kier alpha value is -2.01. The Bertz CT molecular complexity index is 614. The maximum atomic E-state index is 11.4. The van der Waals surface area contributed by atoms with Gasteiger partial charge in [-0.1, -0.05) is 23.8 Å². The summed E-state index contributed by atoms with van der Waals surface area (Å²) in [4.78, 5) is 11.4. The van der Waals surface area contributed by atoms with Gasteiger partial charge in [-0.3, -0.25) is 4.79 Å². The van der Waals surface area contributed by atoms with E-state index < -0.39 is 0 Å².